The Hall–Kier alpha value is -3.34. The molecule has 176 valence electrons. The molecule has 0 fully saturated rings. The van der Waals surface area contributed by atoms with E-state index < -0.39 is 38.2 Å². The first-order valence-corrected chi connectivity index (χ1v) is 11.4. The molecule has 0 aliphatic carbocycles. The van der Waals surface area contributed by atoms with E-state index in [1.807, 2.05) is 0 Å². The smallest absolute Gasteiger partial charge is 0.410 e. The number of carbonyl (C=O) groups excluding carboxylic acids is 1. The van der Waals surface area contributed by atoms with Gasteiger partial charge in [0.25, 0.3) is 0 Å². The van der Waals surface area contributed by atoms with E-state index in [0.717, 1.165) is 22.9 Å². The lowest BCUT2D eigenvalue weighted by Gasteiger charge is -2.24. The van der Waals surface area contributed by atoms with Crippen LogP contribution >= 0.6 is 0 Å². The minimum atomic E-state index is -4.21. The number of benzene rings is 1. The van der Waals surface area contributed by atoms with Gasteiger partial charge in [0.05, 0.1) is 17.1 Å². The first-order valence-electron chi connectivity index (χ1n) is 9.94. The first kappa shape index (κ1) is 24.3. The third-order valence-electron chi connectivity index (χ3n) is 4.44. The van der Waals surface area contributed by atoms with Gasteiger partial charge in [-0.15, -0.1) is 0 Å². The lowest BCUT2D eigenvalue weighted by Crippen LogP contribution is -2.33. The lowest BCUT2D eigenvalue weighted by atomic mass is 10.2. The monoisotopic (exact) mass is 478 g/mol. The normalized spacial score (nSPS) is 12.0. The van der Waals surface area contributed by atoms with E-state index >= 15 is 0 Å². The molecule has 2 aromatic heterocycles. The molecule has 2 heterocycles. The number of hydrogen-bond acceptors (Lipinski definition) is 6. The highest BCUT2D eigenvalue weighted by molar-refractivity contribution is 7.91. The number of halogens is 2. The maximum Gasteiger partial charge on any atom is 0.410 e. The van der Waals surface area contributed by atoms with Gasteiger partial charge in [-0.3, -0.25) is 4.98 Å². The number of rotatable bonds is 5. The number of ether oxygens (including phenoxy) is 1. The predicted octanol–water partition coefficient (Wildman–Crippen LogP) is 4.05. The summed E-state index contributed by atoms with van der Waals surface area (Å²) < 4.78 is 61.2. The summed E-state index contributed by atoms with van der Waals surface area (Å²) in [7, 11) is -2.76. The molecule has 1 amide bonds. The summed E-state index contributed by atoms with van der Waals surface area (Å²) in [5, 5.41) is 3.77. The molecule has 0 aliphatic heterocycles. The van der Waals surface area contributed by atoms with E-state index in [4.69, 9.17) is 4.74 Å². The topological polar surface area (TPSA) is 94.4 Å². The summed E-state index contributed by atoms with van der Waals surface area (Å²) in [5.74, 6) is -1.64. The highest BCUT2D eigenvalue weighted by Gasteiger charge is 2.28. The lowest BCUT2D eigenvalue weighted by molar-refractivity contribution is 0.0283. The number of sulfone groups is 1. The predicted molar refractivity (Wildman–Crippen MR) is 116 cm³/mol. The van der Waals surface area contributed by atoms with Gasteiger partial charge >= 0.3 is 6.09 Å². The van der Waals surface area contributed by atoms with Crippen molar-refractivity contribution in [1.29, 1.82) is 0 Å². The SMILES string of the molecule is Cc1ccc(S(=O)(=O)c2cc(CN(C)C(=O)OC(C)(C)C)nn2-c2cc(F)ccc2F)cn1. The molecule has 3 aromatic rings. The van der Waals surface area contributed by atoms with E-state index in [0.29, 0.717) is 5.69 Å². The van der Waals surface area contributed by atoms with Gasteiger partial charge in [0, 0.05) is 31.1 Å². The molecule has 3 rings (SSSR count). The van der Waals surface area contributed by atoms with Crippen molar-refractivity contribution in [3.8, 4) is 5.69 Å². The number of carbonyl (C=O) groups is 1. The average Bonchev–Trinajstić information content (AvgIpc) is 3.13. The Bertz CT molecular complexity index is 1280. The van der Waals surface area contributed by atoms with Crippen molar-refractivity contribution in [1.82, 2.24) is 19.7 Å². The Labute approximate surface area is 190 Å². The van der Waals surface area contributed by atoms with Gasteiger partial charge in [0.2, 0.25) is 9.84 Å². The highest BCUT2D eigenvalue weighted by Crippen LogP contribution is 2.26. The summed E-state index contributed by atoms with van der Waals surface area (Å²) in [4.78, 5) is 17.4. The number of amides is 1. The molecular formula is C22H24F2N4O4S. The number of nitrogens with zero attached hydrogens (tertiary/aromatic N) is 4. The number of aromatic nitrogens is 3. The summed E-state index contributed by atoms with van der Waals surface area (Å²) in [6, 6.07) is 6.73. The molecule has 0 atom stereocenters. The quantitative estimate of drug-likeness (QED) is 0.549. The zero-order valence-corrected chi connectivity index (χ0v) is 19.7. The maximum atomic E-state index is 14.5. The van der Waals surface area contributed by atoms with Crippen molar-refractivity contribution < 1.29 is 26.7 Å². The molecule has 0 aliphatic rings. The van der Waals surface area contributed by atoms with Gasteiger partial charge in [0.15, 0.2) is 5.03 Å². The molecule has 11 heteroatoms. The van der Waals surface area contributed by atoms with Crippen molar-refractivity contribution in [2.75, 3.05) is 7.05 Å². The van der Waals surface area contributed by atoms with Crippen LogP contribution in [0.2, 0.25) is 0 Å². The second-order valence-electron chi connectivity index (χ2n) is 8.46. The van der Waals surface area contributed by atoms with Gasteiger partial charge in [-0.1, -0.05) is 0 Å². The highest BCUT2D eigenvalue weighted by atomic mass is 32.2. The second-order valence-corrected chi connectivity index (χ2v) is 10.4. The molecule has 1 aromatic carbocycles. The first-order chi connectivity index (χ1) is 15.3. The van der Waals surface area contributed by atoms with Crippen LogP contribution in [0.25, 0.3) is 5.69 Å². The molecule has 0 radical (unpaired) electrons. The number of hydrogen-bond donors (Lipinski definition) is 0. The Morgan fingerprint density at radius 2 is 1.85 bits per heavy atom. The largest absolute Gasteiger partial charge is 0.444 e. The third-order valence-corrected chi connectivity index (χ3v) is 6.14. The van der Waals surface area contributed by atoms with Crippen LogP contribution in [0.15, 0.2) is 52.5 Å². The molecule has 0 saturated heterocycles. The summed E-state index contributed by atoms with van der Waals surface area (Å²) >= 11 is 0. The van der Waals surface area contributed by atoms with Crippen LogP contribution in [0.3, 0.4) is 0 Å². The van der Waals surface area contributed by atoms with Crippen molar-refractivity contribution in [2.45, 2.75) is 49.8 Å². The van der Waals surface area contributed by atoms with E-state index in [-0.39, 0.29) is 22.8 Å². The number of aryl methyl sites for hydroxylation is 1. The van der Waals surface area contributed by atoms with Gasteiger partial charge < -0.3 is 9.64 Å². The summed E-state index contributed by atoms with van der Waals surface area (Å²) in [6.45, 7) is 6.70. The zero-order chi connectivity index (χ0) is 24.6. The Kier molecular flexibility index (Phi) is 6.55. The van der Waals surface area contributed by atoms with Gasteiger partial charge in [-0.05, 0) is 52.0 Å². The number of pyridine rings is 1. The van der Waals surface area contributed by atoms with Crippen molar-refractivity contribution in [3.63, 3.8) is 0 Å². The average molecular weight is 479 g/mol. The molecular weight excluding hydrogens is 454 g/mol. The van der Waals surface area contributed by atoms with Crippen LogP contribution in [-0.2, 0) is 21.1 Å². The third kappa shape index (κ3) is 5.54. The molecule has 8 nitrogen and oxygen atoms in total. The Balaban J connectivity index is 2.10. The molecule has 0 N–H and O–H groups in total. The minimum Gasteiger partial charge on any atom is -0.444 e. The molecule has 0 unspecified atom stereocenters. The van der Waals surface area contributed by atoms with Crippen molar-refractivity contribution in [3.05, 3.63) is 65.6 Å². The fourth-order valence-electron chi connectivity index (χ4n) is 2.88. The van der Waals surface area contributed by atoms with Crippen LogP contribution in [0.4, 0.5) is 13.6 Å². The van der Waals surface area contributed by atoms with E-state index in [9.17, 15) is 22.0 Å². The van der Waals surface area contributed by atoms with Gasteiger partial charge in [-0.25, -0.2) is 26.7 Å². The van der Waals surface area contributed by atoms with Crippen molar-refractivity contribution in [2.24, 2.45) is 0 Å². The zero-order valence-electron chi connectivity index (χ0n) is 18.8. The standard InChI is InChI=1S/C22H24F2N4O4S/c1-14-6-8-17(12-25-14)33(30,31)20-11-16(13-27(5)21(29)32-22(2,3)4)26-28(20)19-10-15(23)7-9-18(19)24/h6-12H,13H2,1-5H3. The summed E-state index contributed by atoms with van der Waals surface area (Å²) in [6.07, 6.45) is 0.525. The van der Waals surface area contributed by atoms with E-state index in [1.54, 1.807) is 27.7 Å². The molecule has 33 heavy (non-hydrogen) atoms. The molecule has 0 spiro atoms. The Morgan fingerprint density at radius 1 is 1.15 bits per heavy atom. The van der Waals surface area contributed by atoms with Crippen molar-refractivity contribution >= 4 is 15.9 Å². The van der Waals surface area contributed by atoms with Gasteiger partial charge in [0.1, 0.15) is 22.9 Å². The van der Waals surface area contributed by atoms with E-state index in [2.05, 4.69) is 10.1 Å². The maximum absolute atomic E-state index is 14.5. The van der Waals surface area contributed by atoms with E-state index in [1.165, 1.54) is 36.3 Å². The van der Waals surface area contributed by atoms with Crippen LogP contribution in [-0.4, -0.2) is 46.8 Å². The van der Waals surface area contributed by atoms with Crippen LogP contribution in [0.5, 0.6) is 0 Å². The molecule has 0 bridgehead atoms. The van der Waals surface area contributed by atoms with Gasteiger partial charge in [-0.2, -0.15) is 5.10 Å². The fraction of sp³-hybridized carbons (Fsp3) is 0.318. The fourth-order valence-corrected chi connectivity index (χ4v) is 4.22. The second kappa shape index (κ2) is 8.89. The summed E-state index contributed by atoms with van der Waals surface area (Å²) in [5.41, 5.74) is -0.383. The van der Waals surface area contributed by atoms with Crippen LogP contribution in [0.1, 0.15) is 32.2 Å². The minimum absolute atomic E-state index is 0.130. The molecule has 0 saturated carbocycles. The van der Waals surface area contributed by atoms with Crippen LogP contribution in [0, 0.1) is 18.6 Å². The Morgan fingerprint density at radius 3 is 2.45 bits per heavy atom. The van der Waals surface area contributed by atoms with Crippen LogP contribution < -0.4 is 0 Å².